The fourth-order valence-corrected chi connectivity index (χ4v) is 3.13. The van der Waals surface area contributed by atoms with Gasteiger partial charge in [-0.3, -0.25) is 19.2 Å². The second-order valence-electron chi connectivity index (χ2n) is 5.77. The number of carbonyl (C=O) groups is 2. The fraction of sp³-hybridized carbons (Fsp3) is 0.294. The van der Waals surface area contributed by atoms with Crippen LogP contribution < -0.4 is 11.1 Å². The van der Waals surface area contributed by atoms with Crippen LogP contribution in [-0.2, 0) is 13.5 Å². The number of H-pyrrole nitrogens is 1. The van der Waals surface area contributed by atoms with Crippen molar-refractivity contribution in [3.8, 4) is 0 Å². The summed E-state index contributed by atoms with van der Waals surface area (Å²) in [5.74, 6) is -0.810. The Kier molecular flexibility index (Phi) is 3.39. The molecule has 1 aliphatic rings. The summed E-state index contributed by atoms with van der Waals surface area (Å²) in [5, 5.41) is 0. The molecule has 1 N–H and O–H groups in total. The Morgan fingerprint density at radius 1 is 1.04 bits per heavy atom. The van der Waals surface area contributed by atoms with Gasteiger partial charge >= 0.3 is 0 Å². The lowest BCUT2D eigenvalue weighted by molar-refractivity contribution is 0.0966. The second kappa shape index (κ2) is 5.15. The van der Waals surface area contributed by atoms with Gasteiger partial charge in [-0.25, -0.2) is 0 Å². The van der Waals surface area contributed by atoms with Crippen molar-refractivity contribution >= 4 is 11.6 Å². The number of pyridine rings is 2. The molecule has 2 heterocycles. The van der Waals surface area contributed by atoms with E-state index in [0.717, 1.165) is 6.42 Å². The van der Waals surface area contributed by atoms with Gasteiger partial charge in [0.2, 0.25) is 11.3 Å². The first kappa shape index (κ1) is 15.1. The topological polar surface area (TPSA) is 89.0 Å². The summed E-state index contributed by atoms with van der Waals surface area (Å²) in [7, 11) is 1.46. The molecule has 0 fully saturated rings. The van der Waals surface area contributed by atoms with Crippen LogP contribution in [-0.4, -0.2) is 21.1 Å². The average molecular weight is 312 g/mol. The molecule has 0 aliphatic heterocycles. The van der Waals surface area contributed by atoms with Crippen LogP contribution in [0.25, 0.3) is 0 Å². The van der Waals surface area contributed by atoms with E-state index in [9.17, 15) is 19.2 Å². The number of carbonyl (C=O) groups excluding carboxylic acids is 2. The molecule has 6 nitrogen and oxygen atoms in total. The van der Waals surface area contributed by atoms with E-state index in [-0.39, 0.29) is 33.9 Å². The van der Waals surface area contributed by atoms with Crippen LogP contribution in [0.15, 0.2) is 21.7 Å². The molecule has 6 heteroatoms. The van der Waals surface area contributed by atoms with Gasteiger partial charge in [-0.1, -0.05) is 13.3 Å². The van der Waals surface area contributed by atoms with E-state index in [0.29, 0.717) is 17.5 Å². The maximum atomic E-state index is 13.0. The van der Waals surface area contributed by atoms with Gasteiger partial charge in [-0.15, -0.1) is 0 Å². The van der Waals surface area contributed by atoms with E-state index in [4.69, 9.17) is 0 Å². The fourth-order valence-electron chi connectivity index (χ4n) is 3.13. The summed E-state index contributed by atoms with van der Waals surface area (Å²) >= 11 is 0. The van der Waals surface area contributed by atoms with Gasteiger partial charge in [0.1, 0.15) is 11.4 Å². The molecule has 2 aromatic rings. The molecule has 0 saturated carbocycles. The molecule has 0 atom stereocenters. The highest BCUT2D eigenvalue weighted by Gasteiger charge is 2.35. The van der Waals surface area contributed by atoms with Gasteiger partial charge < -0.3 is 9.55 Å². The monoisotopic (exact) mass is 312 g/mol. The first-order valence-corrected chi connectivity index (χ1v) is 7.43. The number of aryl methyl sites for hydroxylation is 2. The molecular formula is C17H16N2O4. The third-order valence-electron chi connectivity index (χ3n) is 4.18. The number of ketones is 2. The summed E-state index contributed by atoms with van der Waals surface area (Å²) < 4.78 is 1.18. The Hall–Kier alpha value is -2.76. The Morgan fingerprint density at radius 2 is 1.74 bits per heavy atom. The van der Waals surface area contributed by atoms with Crippen molar-refractivity contribution in [3.63, 3.8) is 0 Å². The van der Waals surface area contributed by atoms with Crippen molar-refractivity contribution in [3.05, 3.63) is 66.5 Å². The van der Waals surface area contributed by atoms with Gasteiger partial charge in [0.15, 0.2) is 5.78 Å². The molecule has 0 spiro atoms. The van der Waals surface area contributed by atoms with Crippen molar-refractivity contribution in [1.29, 1.82) is 0 Å². The number of nitrogens with one attached hydrogen (secondary N) is 1. The first-order valence-electron chi connectivity index (χ1n) is 7.43. The van der Waals surface area contributed by atoms with Crippen LogP contribution in [0.4, 0.5) is 0 Å². The predicted molar refractivity (Wildman–Crippen MR) is 84.3 cm³/mol. The van der Waals surface area contributed by atoms with Gasteiger partial charge in [0.05, 0.1) is 11.1 Å². The zero-order valence-electron chi connectivity index (χ0n) is 13.1. The minimum atomic E-state index is -0.493. The van der Waals surface area contributed by atoms with Gasteiger partial charge in [-0.05, 0) is 24.5 Å². The molecule has 1 aliphatic carbocycles. The summed E-state index contributed by atoms with van der Waals surface area (Å²) in [6.45, 7) is 3.57. The molecule has 2 aromatic heterocycles. The molecule has 118 valence electrons. The Balaban J connectivity index is 2.44. The number of hydrogen-bond donors (Lipinski definition) is 1. The highest BCUT2D eigenvalue weighted by Crippen LogP contribution is 2.29. The third-order valence-corrected chi connectivity index (χ3v) is 4.18. The number of rotatable bonds is 2. The lowest BCUT2D eigenvalue weighted by Gasteiger charge is -2.22. The summed E-state index contributed by atoms with van der Waals surface area (Å²) in [5.41, 5.74) is 0.784. The summed E-state index contributed by atoms with van der Waals surface area (Å²) in [6.07, 6.45) is 1.29. The van der Waals surface area contributed by atoms with Crippen LogP contribution >= 0.6 is 0 Å². The Morgan fingerprint density at radius 3 is 2.39 bits per heavy atom. The van der Waals surface area contributed by atoms with Crippen molar-refractivity contribution in [2.45, 2.75) is 26.7 Å². The standard InChI is InChI=1S/C17H16N2O4/c1-4-5-9-7-11(21)19(3)15-13(9)16(22)12-8(2)6-10(20)18-14(12)17(15)23/h6-7H,4-5H2,1-3H3,(H,18,20). The van der Waals surface area contributed by atoms with Gasteiger partial charge in [-0.2, -0.15) is 0 Å². The second-order valence-corrected chi connectivity index (χ2v) is 5.77. The number of aromatic amines is 1. The normalized spacial score (nSPS) is 13.0. The van der Waals surface area contributed by atoms with Crippen molar-refractivity contribution in [1.82, 2.24) is 9.55 Å². The number of nitrogens with zero attached hydrogens (tertiary/aromatic N) is 1. The molecule has 0 radical (unpaired) electrons. The largest absolute Gasteiger partial charge is 0.318 e. The summed E-state index contributed by atoms with van der Waals surface area (Å²) in [6, 6.07) is 2.72. The molecule has 0 aromatic carbocycles. The van der Waals surface area contributed by atoms with Crippen molar-refractivity contribution in [2.75, 3.05) is 0 Å². The van der Waals surface area contributed by atoms with E-state index in [1.165, 1.54) is 23.7 Å². The molecule has 0 saturated heterocycles. The maximum Gasteiger partial charge on any atom is 0.251 e. The number of fused-ring (bicyclic) bond motifs is 2. The van der Waals surface area contributed by atoms with E-state index in [1.54, 1.807) is 6.92 Å². The number of hydrogen-bond acceptors (Lipinski definition) is 4. The quantitative estimate of drug-likeness (QED) is 0.767. The van der Waals surface area contributed by atoms with Crippen LogP contribution in [0.3, 0.4) is 0 Å². The molecule has 23 heavy (non-hydrogen) atoms. The van der Waals surface area contributed by atoms with E-state index in [2.05, 4.69) is 4.98 Å². The highest BCUT2D eigenvalue weighted by atomic mass is 16.2. The van der Waals surface area contributed by atoms with Crippen LogP contribution in [0.5, 0.6) is 0 Å². The zero-order chi connectivity index (χ0) is 16.9. The zero-order valence-corrected chi connectivity index (χ0v) is 13.1. The molecule has 0 unspecified atom stereocenters. The van der Waals surface area contributed by atoms with Gasteiger partial charge in [0.25, 0.3) is 5.56 Å². The molecule has 0 amide bonds. The van der Waals surface area contributed by atoms with Crippen LogP contribution in [0.1, 0.15) is 56.6 Å². The smallest absolute Gasteiger partial charge is 0.251 e. The highest BCUT2D eigenvalue weighted by molar-refractivity contribution is 6.28. The predicted octanol–water partition coefficient (Wildman–Crippen LogP) is 1.11. The number of aromatic nitrogens is 2. The van der Waals surface area contributed by atoms with Crippen molar-refractivity contribution in [2.24, 2.45) is 7.05 Å². The molecular weight excluding hydrogens is 296 g/mol. The van der Waals surface area contributed by atoms with Crippen LogP contribution in [0, 0.1) is 6.92 Å². The minimum absolute atomic E-state index is 0.0313. The van der Waals surface area contributed by atoms with E-state index in [1.807, 2.05) is 6.92 Å². The Bertz CT molecular complexity index is 979. The minimum Gasteiger partial charge on any atom is -0.318 e. The molecule has 3 rings (SSSR count). The summed E-state index contributed by atoms with van der Waals surface area (Å²) in [4.78, 5) is 52.0. The van der Waals surface area contributed by atoms with E-state index < -0.39 is 11.3 Å². The SMILES string of the molecule is CCCc1cc(=O)n(C)c2c1C(=O)c1c(C)cc(=O)[nH]c1C2=O. The molecule has 0 bridgehead atoms. The van der Waals surface area contributed by atoms with Crippen LogP contribution in [0.2, 0.25) is 0 Å². The maximum absolute atomic E-state index is 13.0. The Labute approximate surface area is 131 Å². The average Bonchev–Trinajstić information content (AvgIpc) is 2.47. The lowest BCUT2D eigenvalue weighted by atomic mass is 9.84. The van der Waals surface area contributed by atoms with Gasteiger partial charge in [0, 0.05) is 19.2 Å². The first-order chi connectivity index (χ1) is 10.9. The third kappa shape index (κ3) is 2.10. The lowest BCUT2D eigenvalue weighted by Crippen LogP contribution is -2.35. The van der Waals surface area contributed by atoms with Crippen molar-refractivity contribution < 1.29 is 9.59 Å². The van der Waals surface area contributed by atoms with E-state index >= 15 is 0 Å².